The van der Waals surface area contributed by atoms with Gasteiger partial charge in [-0.25, -0.2) is 4.98 Å². The lowest BCUT2D eigenvalue weighted by molar-refractivity contribution is -0.158. The lowest BCUT2D eigenvalue weighted by Crippen LogP contribution is -2.58. The van der Waals surface area contributed by atoms with Crippen LogP contribution in [-0.4, -0.2) is 58.2 Å². The molecule has 6 rings (SSSR count). The van der Waals surface area contributed by atoms with E-state index in [1.807, 2.05) is 19.9 Å². The van der Waals surface area contributed by atoms with Crippen LogP contribution in [-0.2, 0) is 4.79 Å². The zero-order valence-electron chi connectivity index (χ0n) is 22.3. The summed E-state index contributed by atoms with van der Waals surface area (Å²) in [6.07, 6.45) is 4.02. The number of aryl methyl sites for hydroxylation is 1. The van der Waals surface area contributed by atoms with Crippen molar-refractivity contribution in [3.8, 4) is 0 Å². The van der Waals surface area contributed by atoms with Crippen molar-refractivity contribution >= 4 is 50.9 Å². The summed E-state index contributed by atoms with van der Waals surface area (Å²) in [6, 6.07) is 8.71. The molecule has 1 saturated carbocycles. The van der Waals surface area contributed by atoms with E-state index in [4.69, 9.17) is 21.6 Å². The van der Waals surface area contributed by atoms with Gasteiger partial charge in [-0.1, -0.05) is 23.7 Å². The molecule has 2 aliphatic heterocycles. The zero-order valence-corrected chi connectivity index (χ0v) is 23.9. The van der Waals surface area contributed by atoms with E-state index >= 15 is 0 Å². The second-order valence-electron chi connectivity index (χ2n) is 11.9. The fourth-order valence-electron chi connectivity index (χ4n) is 6.51. The number of aliphatic carboxylic acids is 1. The third kappa shape index (κ3) is 4.75. The molecule has 0 amide bonds. The number of fused-ring (bicyclic) bond motifs is 1. The van der Waals surface area contributed by atoms with E-state index in [-0.39, 0.29) is 6.04 Å². The molecule has 3 aliphatic rings. The predicted molar refractivity (Wildman–Crippen MR) is 154 cm³/mol. The summed E-state index contributed by atoms with van der Waals surface area (Å²) >= 11 is 8.20. The summed E-state index contributed by atoms with van der Waals surface area (Å²) in [5.74, 6) is 2.29. The average molecular weight is 554 g/mol. The highest BCUT2D eigenvalue weighted by Gasteiger charge is 2.49. The van der Waals surface area contributed by atoms with Crippen molar-refractivity contribution in [2.75, 3.05) is 36.4 Å². The second kappa shape index (κ2) is 9.96. The number of benzene rings is 1. The summed E-state index contributed by atoms with van der Waals surface area (Å²) in [6.45, 7) is 10.2. The van der Waals surface area contributed by atoms with E-state index in [9.17, 15) is 9.90 Å². The number of likely N-dealkylation sites (tertiary alicyclic amines) is 1. The van der Waals surface area contributed by atoms with E-state index in [1.165, 1.54) is 12.8 Å². The number of hydrogen-bond acceptors (Lipinski definition) is 7. The Morgan fingerprint density at radius 3 is 2.74 bits per heavy atom. The Balaban J connectivity index is 1.11. The Morgan fingerprint density at radius 2 is 2.00 bits per heavy atom. The molecule has 202 valence electrons. The number of carboxylic acid groups (broad SMARTS) is 1. The minimum atomic E-state index is -0.648. The first-order valence-electron chi connectivity index (χ1n) is 13.7. The number of halogens is 1. The van der Waals surface area contributed by atoms with Crippen LogP contribution >= 0.6 is 22.9 Å². The van der Waals surface area contributed by atoms with Gasteiger partial charge in [-0.05, 0) is 93.5 Å². The molecule has 0 bridgehead atoms. The lowest BCUT2D eigenvalue weighted by atomic mass is 9.65. The number of aromatic nitrogens is 2. The van der Waals surface area contributed by atoms with E-state index in [0.29, 0.717) is 17.9 Å². The summed E-state index contributed by atoms with van der Waals surface area (Å²) < 4.78 is 0. The number of nitrogens with zero attached hydrogens (tertiary/aromatic N) is 4. The van der Waals surface area contributed by atoms with E-state index in [1.54, 1.807) is 11.3 Å². The highest BCUT2D eigenvalue weighted by Crippen LogP contribution is 2.45. The smallest absolute Gasteiger partial charge is 0.309 e. The van der Waals surface area contributed by atoms with Gasteiger partial charge in [-0.2, -0.15) is 4.98 Å². The quantitative estimate of drug-likeness (QED) is 0.359. The van der Waals surface area contributed by atoms with Gasteiger partial charge in [-0.3, -0.25) is 4.79 Å². The van der Waals surface area contributed by atoms with Crippen molar-refractivity contribution in [2.24, 2.45) is 17.3 Å². The van der Waals surface area contributed by atoms with Crippen molar-refractivity contribution in [3.63, 3.8) is 0 Å². The molecule has 3 aromatic rings. The molecular formula is C29H36ClN5O2S. The van der Waals surface area contributed by atoms with Crippen LogP contribution < -0.4 is 10.2 Å². The van der Waals surface area contributed by atoms with Gasteiger partial charge in [0.05, 0.1) is 16.8 Å². The summed E-state index contributed by atoms with van der Waals surface area (Å²) in [7, 11) is 0. The first kappa shape index (κ1) is 25.8. The minimum absolute atomic E-state index is 0.0146. The summed E-state index contributed by atoms with van der Waals surface area (Å²) in [5, 5.41) is 17.0. The van der Waals surface area contributed by atoms with Gasteiger partial charge in [0.25, 0.3) is 0 Å². The van der Waals surface area contributed by atoms with Crippen molar-refractivity contribution in [1.29, 1.82) is 0 Å². The fraction of sp³-hybridized carbons (Fsp3) is 0.552. The molecule has 38 heavy (non-hydrogen) atoms. The van der Waals surface area contributed by atoms with Gasteiger partial charge in [-0.15, -0.1) is 11.3 Å². The van der Waals surface area contributed by atoms with Crippen molar-refractivity contribution in [1.82, 2.24) is 14.9 Å². The highest BCUT2D eigenvalue weighted by atomic mass is 35.5. The second-order valence-corrected chi connectivity index (χ2v) is 13.2. The van der Waals surface area contributed by atoms with Gasteiger partial charge >= 0.3 is 5.97 Å². The van der Waals surface area contributed by atoms with Crippen LogP contribution in [0.4, 0.5) is 11.8 Å². The average Bonchev–Trinajstić information content (AvgIpc) is 3.30. The maximum Gasteiger partial charge on any atom is 0.309 e. The minimum Gasteiger partial charge on any atom is -0.481 e. The normalized spacial score (nSPS) is 27.1. The number of piperidine rings is 1. The van der Waals surface area contributed by atoms with Gasteiger partial charge < -0.3 is 20.2 Å². The molecule has 0 radical (unpaired) electrons. The topological polar surface area (TPSA) is 81.6 Å². The zero-order chi connectivity index (χ0) is 26.6. The molecule has 2 atom stereocenters. The molecule has 1 aliphatic carbocycles. The van der Waals surface area contributed by atoms with Crippen molar-refractivity contribution in [3.05, 3.63) is 45.8 Å². The Morgan fingerprint density at radius 1 is 1.21 bits per heavy atom. The van der Waals surface area contributed by atoms with Gasteiger partial charge in [0.2, 0.25) is 5.95 Å². The standard InChI is InChI=1S/C29H36ClN5O2S/c1-17-6-7-22(24(30)11-17)18(2)31-25-23-8-10-38-26(23)33-28(32-25)35-15-20(16-35)19-5-4-9-34(14-19)21-12-29(3,13-21)27(36)37/h6-8,10-11,18-21H,4-5,9,12-16H2,1-3H3,(H,36,37)(H,31,32,33)/t18-,19+,21-,29-/m1/s1. The molecule has 9 heteroatoms. The number of carbonyl (C=O) groups is 1. The number of nitrogens with one attached hydrogen (secondary N) is 1. The Labute approximate surface area is 233 Å². The van der Waals surface area contributed by atoms with Crippen LogP contribution in [0.5, 0.6) is 0 Å². The molecule has 0 spiro atoms. The number of thiophene rings is 1. The van der Waals surface area contributed by atoms with Crippen molar-refractivity contribution in [2.45, 2.75) is 58.5 Å². The number of hydrogen-bond donors (Lipinski definition) is 2. The molecule has 2 aromatic heterocycles. The number of anilines is 2. The Bertz CT molecular complexity index is 1350. The van der Waals surface area contributed by atoms with Crippen LogP contribution in [0, 0.1) is 24.2 Å². The summed E-state index contributed by atoms with van der Waals surface area (Å²) in [5.41, 5.74) is 1.67. The first-order valence-corrected chi connectivity index (χ1v) is 15.0. The monoisotopic (exact) mass is 553 g/mol. The molecule has 4 heterocycles. The molecule has 0 unspecified atom stereocenters. The highest BCUT2D eigenvalue weighted by molar-refractivity contribution is 7.16. The largest absolute Gasteiger partial charge is 0.481 e. The molecule has 3 fully saturated rings. The molecular weight excluding hydrogens is 518 g/mol. The van der Waals surface area contributed by atoms with Gasteiger partial charge in [0.1, 0.15) is 10.6 Å². The van der Waals surface area contributed by atoms with E-state index in [2.05, 4.69) is 45.6 Å². The van der Waals surface area contributed by atoms with Crippen LogP contribution in [0.15, 0.2) is 29.6 Å². The Kier molecular flexibility index (Phi) is 6.77. The first-order chi connectivity index (χ1) is 18.2. The van der Waals surface area contributed by atoms with Gasteiger partial charge in [0, 0.05) is 30.7 Å². The molecule has 1 aromatic carbocycles. The Hall–Kier alpha value is -2.42. The van der Waals surface area contributed by atoms with Crippen LogP contribution in [0.1, 0.15) is 56.7 Å². The van der Waals surface area contributed by atoms with E-state index < -0.39 is 11.4 Å². The van der Waals surface area contributed by atoms with Gasteiger partial charge in [0.15, 0.2) is 0 Å². The predicted octanol–water partition coefficient (Wildman–Crippen LogP) is 6.23. The van der Waals surface area contributed by atoms with Crippen LogP contribution in [0.3, 0.4) is 0 Å². The molecule has 2 N–H and O–H groups in total. The van der Waals surface area contributed by atoms with Crippen LogP contribution in [0.2, 0.25) is 5.02 Å². The summed E-state index contributed by atoms with van der Waals surface area (Å²) in [4.78, 5) is 27.3. The van der Waals surface area contributed by atoms with Crippen LogP contribution in [0.25, 0.3) is 10.2 Å². The maximum absolute atomic E-state index is 11.5. The van der Waals surface area contributed by atoms with E-state index in [0.717, 1.165) is 77.2 Å². The molecule has 2 saturated heterocycles. The number of rotatable bonds is 7. The maximum atomic E-state index is 11.5. The fourth-order valence-corrected chi connectivity index (χ4v) is 7.66. The SMILES string of the molecule is Cc1ccc([C@@H](C)Nc2nc(N3CC([C@H]4CCCN([C@H]5C[C@](C)(C(=O)O)C5)C4)C3)nc3sccc23)c(Cl)c1. The lowest BCUT2D eigenvalue weighted by Gasteiger charge is -2.52. The number of carboxylic acids is 1. The third-order valence-electron chi connectivity index (χ3n) is 9.04. The van der Waals surface area contributed by atoms with Crippen molar-refractivity contribution < 1.29 is 9.90 Å². The third-order valence-corrected chi connectivity index (χ3v) is 10.2. The molecule has 7 nitrogen and oxygen atoms in total.